The number of thiazole rings is 1. The maximum absolute atomic E-state index is 11.2. The molecule has 1 fully saturated rings. The van der Waals surface area contributed by atoms with Crippen LogP contribution in [0.3, 0.4) is 0 Å². The second-order valence-electron chi connectivity index (χ2n) is 7.88. The molecule has 0 saturated carbocycles. The summed E-state index contributed by atoms with van der Waals surface area (Å²) in [6.45, 7) is 8.71. The number of anilines is 1. The van der Waals surface area contributed by atoms with E-state index < -0.39 is 8.07 Å². The molecule has 2 N–H and O–H groups in total. The third-order valence-corrected chi connectivity index (χ3v) is 6.89. The van der Waals surface area contributed by atoms with E-state index in [0.717, 1.165) is 28.4 Å². The van der Waals surface area contributed by atoms with Gasteiger partial charge in [-0.1, -0.05) is 31.0 Å². The van der Waals surface area contributed by atoms with Crippen LogP contribution in [0.15, 0.2) is 18.5 Å². The summed E-state index contributed by atoms with van der Waals surface area (Å²) in [6.07, 6.45) is 4.49. The van der Waals surface area contributed by atoms with Gasteiger partial charge in [-0.15, -0.1) is 0 Å². The molecule has 152 valence electrons. The van der Waals surface area contributed by atoms with Crippen molar-refractivity contribution < 1.29 is 14.3 Å². The van der Waals surface area contributed by atoms with Crippen molar-refractivity contribution in [1.82, 2.24) is 20.3 Å². The first-order valence-corrected chi connectivity index (χ1v) is 14.0. The Bertz CT molecular complexity index is 786. The van der Waals surface area contributed by atoms with E-state index >= 15 is 0 Å². The lowest BCUT2D eigenvalue weighted by atomic mass is 10.1. The van der Waals surface area contributed by atoms with Gasteiger partial charge >= 0.3 is 6.01 Å². The van der Waals surface area contributed by atoms with Crippen LogP contribution in [0.1, 0.15) is 12.8 Å². The number of rotatable bonds is 9. The molecule has 3 heterocycles. The first kappa shape index (κ1) is 20.7. The maximum Gasteiger partial charge on any atom is 0.317 e. The van der Waals surface area contributed by atoms with Crippen LogP contribution in [0.5, 0.6) is 6.01 Å². The number of hydrogen-bond donors (Lipinski definition) is 2. The second-order valence-corrected chi connectivity index (χ2v) is 14.5. The SMILES string of the molecule is C[Si](C)(C)CCOCNc1ncc(-c2ccnc(OC3CCC(=O)NC3)n2)s1. The zero-order chi connectivity index (χ0) is 20.0. The third kappa shape index (κ3) is 6.53. The molecule has 1 aliphatic heterocycles. The number of carbonyl (C=O) groups is 1. The Balaban J connectivity index is 1.51. The van der Waals surface area contributed by atoms with Gasteiger partial charge in [-0.05, 0) is 18.5 Å². The molecule has 1 atom stereocenters. The average Bonchev–Trinajstić information content (AvgIpc) is 3.12. The molecular weight excluding hydrogens is 394 g/mol. The van der Waals surface area contributed by atoms with Crippen LogP contribution in [0.25, 0.3) is 10.6 Å². The Morgan fingerprint density at radius 3 is 2.96 bits per heavy atom. The molecule has 10 heteroatoms. The fourth-order valence-corrected chi connectivity index (χ4v) is 4.06. The summed E-state index contributed by atoms with van der Waals surface area (Å²) in [5.41, 5.74) is 0.759. The number of aromatic nitrogens is 3. The van der Waals surface area contributed by atoms with E-state index in [0.29, 0.717) is 32.1 Å². The van der Waals surface area contributed by atoms with Crippen LogP contribution in [-0.4, -0.2) is 54.9 Å². The molecular formula is C18H27N5O3SSi. The van der Waals surface area contributed by atoms with E-state index in [9.17, 15) is 4.79 Å². The Hall–Kier alpha value is -2.04. The molecule has 8 nitrogen and oxygen atoms in total. The van der Waals surface area contributed by atoms with Crippen molar-refractivity contribution >= 4 is 30.4 Å². The van der Waals surface area contributed by atoms with Gasteiger partial charge in [0, 0.05) is 33.5 Å². The van der Waals surface area contributed by atoms with Crippen molar-refractivity contribution in [2.75, 3.05) is 25.2 Å². The van der Waals surface area contributed by atoms with Gasteiger partial charge in [-0.2, -0.15) is 4.98 Å². The van der Waals surface area contributed by atoms with Crippen LogP contribution in [0.4, 0.5) is 5.13 Å². The smallest absolute Gasteiger partial charge is 0.317 e. The van der Waals surface area contributed by atoms with Gasteiger partial charge in [0.15, 0.2) is 5.13 Å². The standard InChI is InChI=1S/C18H27N5O3SSi/c1-28(2,3)9-8-25-12-22-18-21-11-15(27-18)14-6-7-19-17(23-14)26-13-4-5-16(24)20-10-13/h6-7,11,13H,4-5,8-10,12H2,1-3H3,(H,20,24)(H,21,22). The molecule has 1 amide bonds. The maximum atomic E-state index is 11.2. The minimum Gasteiger partial charge on any atom is -0.458 e. The summed E-state index contributed by atoms with van der Waals surface area (Å²) in [6, 6.07) is 3.29. The highest BCUT2D eigenvalue weighted by molar-refractivity contribution is 7.18. The molecule has 0 spiro atoms. The van der Waals surface area contributed by atoms with E-state index in [4.69, 9.17) is 9.47 Å². The number of nitrogens with one attached hydrogen (secondary N) is 2. The van der Waals surface area contributed by atoms with E-state index in [1.165, 1.54) is 11.3 Å². The summed E-state index contributed by atoms with van der Waals surface area (Å²) in [5.74, 6) is 0.0590. The highest BCUT2D eigenvalue weighted by atomic mass is 32.1. The van der Waals surface area contributed by atoms with E-state index in [2.05, 4.69) is 45.2 Å². The first-order chi connectivity index (χ1) is 13.4. The Morgan fingerprint density at radius 1 is 1.36 bits per heavy atom. The molecule has 2 aromatic rings. The molecule has 3 rings (SSSR count). The normalized spacial score (nSPS) is 17.2. The Labute approximate surface area is 170 Å². The van der Waals surface area contributed by atoms with E-state index in [1.807, 2.05) is 6.07 Å². The fourth-order valence-electron chi connectivity index (χ4n) is 2.53. The Kier molecular flexibility index (Phi) is 6.97. The summed E-state index contributed by atoms with van der Waals surface area (Å²) in [5, 5.41) is 6.78. The molecule has 28 heavy (non-hydrogen) atoms. The lowest BCUT2D eigenvalue weighted by Gasteiger charge is -2.22. The van der Waals surface area contributed by atoms with Crippen molar-refractivity contribution in [3.05, 3.63) is 18.5 Å². The molecule has 1 unspecified atom stereocenters. The molecule has 2 aromatic heterocycles. The van der Waals surface area contributed by atoms with Gasteiger partial charge in [0.05, 0.1) is 17.1 Å². The zero-order valence-corrected chi connectivity index (χ0v) is 18.3. The van der Waals surface area contributed by atoms with Gasteiger partial charge in [-0.25, -0.2) is 9.97 Å². The minimum absolute atomic E-state index is 0.0590. The van der Waals surface area contributed by atoms with Crippen molar-refractivity contribution in [2.24, 2.45) is 0 Å². The quantitative estimate of drug-likeness (QED) is 0.365. The van der Waals surface area contributed by atoms with Crippen molar-refractivity contribution in [3.63, 3.8) is 0 Å². The summed E-state index contributed by atoms with van der Waals surface area (Å²) >= 11 is 1.51. The predicted octanol–water partition coefficient (Wildman–Crippen LogP) is 2.98. The predicted molar refractivity (Wildman–Crippen MR) is 112 cm³/mol. The lowest BCUT2D eigenvalue weighted by molar-refractivity contribution is -0.123. The van der Waals surface area contributed by atoms with Crippen LogP contribution in [-0.2, 0) is 9.53 Å². The third-order valence-electron chi connectivity index (χ3n) is 4.21. The van der Waals surface area contributed by atoms with E-state index in [-0.39, 0.29) is 12.0 Å². The molecule has 0 aromatic carbocycles. The van der Waals surface area contributed by atoms with Gasteiger partial charge in [-0.3, -0.25) is 4.79 Å². The van der Waals surface area contributed by atoms with Crippen LogP contribution >= 0.6 is 11.3 Å². The largest absolute Gasteiger partial charge is 0.458 e. The number of carbonyl (C=O) groups excluding carboxylic acids is 1. The molecule has 1 saturated heterocycles. The van der Waals surface area contributed by atoms with Crippen LogP contribution in [0, 0.1) is 0 Å². The average molecular weight is 422 g/mol. The molecule has 0 bridgehead atoms. The molecule has 1 aliphatic rings. The second kappa shape index (κ2) is 9.44. The zero-order valence-electron chi connectivity index (χ0n) is 16.5. The summed E-state index contributed by atoms with van der Waals surface area (Å²) < 4.78 is 11.5. The number of hydrogen-bond acceptors (Lipinski definition) is 8. The van der Waals surface area contributed by atoms with Crippen LogP contribution < -0.4 is 15.4 Å². The first-order valence-electron chi connectivity index (χ1n) is 9.43. The number of ether oxygens (including phenoxy) is 2. The van der Waals surface area contributed by atoms with Crippen molar-refractivity contribution in [3.8, 4) is 16.6 Å². The number of amides is 1. The van der Waals surface area contributed by atoms with Crippen molar-refractivity contribution in [2.45, 2.75) is 44.6 Å². The van der Waals surface area contributed by atoms with Crippen LogP contribution in [0.2, 0.25) is 25.7 Å². The highest BCUT2D eigenvalue weighted by Crippen LogP contribution is 2.28. The monoisotopic (exact) mass is 421 g/mol. The van der Waals surface area contributed by atoms with Gasteiger partial charge in [0.1, 0.15) is 12.8 Å². The number of piperidine rings is 1. The topological polar surface area (TPSA) is 98.3 Å². The molecule has 0 aliphatic carbocycles. The van der Waals surface area contributed by atoms with Gasteiger partial charge in [0.2, 0.25) is 5.91 Å². The number of nitrogens with zero attached hydrogens (tertiary/aromatic N) is 3. The Morgan fingerprint density at radius 2 is 2.21 bits per heavy atom. The van der Waals surface area contributed by atoms with Crippen molar-refractivity contribution in [1.29, 1.82) is 0 Å². The molecule has 0 radical (unpaired) electrons. The summed E-state index contributed by atoms with van der Waals surface area (Å²) in [4.78, 5) is 25.2. The lowest BCUT2D eigenvalue weighted by Crippen LogP contribution is -2.41. The van der Waals surface area contributed by atoms with Gasteiger partial charge in [0.25, 0.3) is 0 Å². The fraction of sp³-hybridized carbons (Fsp3) is 0.556. The minimum atomic E-state index is -1.06. The van der Waals surface area contributed by atoms with Gasteiger partial charge < -0.3 is 20.1 Å². The van der Waals surface area contributed by atoms with E-state index in [1.54, 1.807) is 12.4 Å². The highest BCUT2D eigenvalue weighted by Gasteiger charge is 2.20. The summed E-state index contributed by atoms with van der Waals surface area (Å²) in [7, 11) is -1.06.